The second-order valence-electron chi connectivity index (χ2n) is 6.52. The topological polar surface area (TPSA) is 63.1 Å². The number of anilines is 1. The van der Waals surface area contributed by atoms with Crippen molar-refractivity contribution in [2.75, 3.05) is 12.4 Å². The first-order valence-corrected chi connectivity index (χ1v) is 9.08. The quantitative estimate of drug-likeness (QED) is 0.698. The molecule has 1 N–H and O–H groups in total. The molecule has 1 amide bonds. The van der Waals surface area contributed by atoms with Crippen molar-refractivity contribution in [2.24, 2.45) is 0 Å². The molecule has 0 atom stereocenters. The van der Waals surface area contributed by atoms with Gasteiger partial charge in [0.15, 0.2) is 0 Å². The van der Waals surface area contributed by atoms with Crippen LogP contribution in [0.1, 0.15) is 34.1 Å². The molecule has 6 heteroatoms. The Hall–Kier alpha value is -3.15. The molecule has 27 heavy (non-hydrogen) atoms. The summed E-state index contributed by atoms with van der Waals surface area (Å²) in [6.07, 6.45) is 5.56. The van der Waals surface area contributed by atoms with Crippen LogP contribution in [0.15, 0.2) is 55.0 Å². The van der Waals surface area contributed by atoms with E-state index < -0.39 is 0 Å². The van der Waals surface area contributed by atoms with Crippen LogP contribution in [0.4, 0.5) is 5.69 Å². The normalized spacial score (nSPS) is 10.6. The fourth-order valence-corrected chi connectivity index (χ4v) is 2.96. The number of carbonyl (C=O) groups is 1. The second-order valence-corrected chi connectivity index (χ2v) is 6.52. The Balaban J connectivity index is 1.70. The van der Waals surface area contributed by atoms with Crippen LogP contribution < -0.4 is 5.32 Å². The van der Waals surface area contributed by atoms with Crippen molar-refractivity contribution < 1.29 is 4.79 Å². The Bertz CT molecular complexity index is 904. The van der Waals surface area contributed by atoms with E-state index in [1.165, 1.54) is 0 Å². The first kappa shape index (κ1) is 18.6. The summed E-state index contributed by atoms with van der Waals surface area (Å²) in [5.74, 6) is -0.00163. The Kier molecular flexibility index (Phi) is 5.86. The molecule has 0 spiro atoms. The minimum atomic E-state index is -0.00163. The van der Waals surface area contributed by atoms with Gasteiger partial charge in [-0.1, -0.05) is 12.1 Å². The smallest absolute Gasteiger partial charge is 0.254 e. The van der Waals surface area contributed by atoms with Gasteiger partial charge in [0.25, 0.3) is 5.91 Å². The van der Waals surface area contributed by atoms with Crippen LogP contribution >= 0.6 is 0 Å². The van der Waals surface area contributed by atoms with Crippen molar-refractivity contribution in [3.05, 3.63) is 77.4 Å². The van der Waals surface area contributed by atoms with Crippen molar-refractivity contribution in [1.82, 2.24) is 19.7 Å². The third-order valence-electron chi connectivity index (χ3n) is 4.53. The van der Waals surface area contributed by atoms with Gasteiger partial charge >= 0.3 is 0 Å². The fraction of sp³-hybridized carbons (Fsp3) is 0.286. The summed E-state index contributed by atoms with van der Waals surface area (Å²) in [6.45, 7) is 5.98. The van der Waals surface area contributed by atoms with E-state index in [-0.39, 0.29) is 5.91 Å². The van der Waals surface area contributed by atoms with Crippen molar-refractivity contribution in [2.45, 2.75) is 33.5 Å². The van der Waals surface area contributed by atoms with Gasteiger partial charge in [-0.2, -0.15) is 5.10 Å². The van der Waals surface area contributed by atoms with Gasteiger partial charge in [0.05, 0.1) is 18.4 Å². The Morgan fingerprint density at radius 1 is 1.22 bits per heavy atom. The molecule has 140 valence electrons. The van der Waals surface area contributed by atoms with E-state index in [2.05, 4.69) is 15.4 Å². The van der Waals surface area contributed by atoms with Gasteiger partial charge in [0.1, 0.15) is 0 Å². The van der Waals surface area contributed by atoms with E-state index >= 15 is 0 Å². The van der Waals surface area contributed by atoms with Crippen molar-refractivity contribution in [3.8, 4) is 0 Å². The lowest BCUT2D eigenvalue weighted by molar-refractivity contribution is 0.0784. The number of nitrogens with zero attached hydrogens (tertiary/aromatic N) is 4. The molecule has 0 saturated carbocycles. The maximum absolute atomic E-state index is 12.9. The van der Waals surface area contributed by atoms with Gasteiger partial charge in [-0.15, -0.1) is 0 Å². The molecule has 3 rings (SSSR count). The Morgan fingerprint density at radius 2 is 2.07 bits per heavy atom. The molecule has 2 heterocycles. The van der Waals surface area contributed by atoms with Crippen LogP contribution in [-0.4, -0.2) is 32.6 Å². The molecule has 0 radical (unpaired) electrons. The zero-order valence-electron chi connectivity index (χ0n) is 16.0. The van der Waals surface area contributed by atoms with Crippen LogP contribution in [0.25, 0.3) is 0 Å². The summed E-state index contributed by atoms with van der Waals surface area (Å²) in [7, 11) is 1.82. The number of benzene rings is 1. The van der Waals surface area contributed by atoms with Crippen molar-refractivity contribution >= 4 is 11.6 Å². The molecular weight excluding hydrogens is 338 g/mol. The van der Waals surface area contributed by atoms with E-state index in [4.69, 9.17) is 0 Å². The first-order valence-electron chi connectivity index (χ1n) is 9.08. The standard InChI is InChI=1S/C21H25N5O/c1-4-26-15-17(12-24-26)14-25(3)21(27)19-9-7-10-20(16(19)2)23-13-18-8-5-6-11-22-18/h5-12,15,23H,4,13-14H2,1-3H3. The lowest BCUT2D eigenvalue weighted by Crippen LogP contribution is -2.27. The highest BCUT2D eigenvalue weighted by Gasteiger charge is 2.16. The van der Waals surface area contributed by atoms with Gasteiger partial charge in [-0.3, -0.25) is 14.5 Å². The molecule has 0 bridgehead atoms. The maximum atomic E-state index is 12.9. The zero-order chi connectivity index (χ0) is 19.2. The number of hydrogen-bond donors (Lipinski definition) is 1. The number of aromatic nitrogens is 3. The van der Waals surface area contributed by atoms with E-state index in [0.29, 0.717) is 18.7 Å². The number of nitrogens with one attached hydrogen (secondary N) is 1. The maximum Gasteiger partial charge on any atom is 0.254 e. The molecule has 6 nitrogen and oxygen atoms in total. The molecule has 0 fully saturated rings. The molecule has 0 unspecified atom stereocenters. The lowest BCUT2D eigenvalue weighted by atomic mass is 10.1. The summed E-state index contributed by atoms with van der Waals surface area (Å²) in [5.41, 5.74) is 4.56. The average Bonchev–Trinajstić information content (AvgIpc) is 3.15. The molecule has 0 aliphatic carbocycles. The number of amides is 1. The lowest BCUT2D eigenvalue weighted by Gasteiger charge is -2.19. The van der Waals surface area contributed by atoms with Gasteiger partial charge in [0, 0.05) is 49.3 Å². The SMILES string of the molecule is CCn1cc(CN(C)C(=O)c2cccc(NCc3ccccn3)c2C)cn1. The largest absolute Gasteiger partial charge is 0.379 e. The van der Waals surface area contributed by atoms with Crippen LogP contribution in [-0.2, 0) is 19.6 Å². The predicted octanol–water partition coefficient (Wildman–Crippen LogP) is 3.49. The average molecular weight is 363 g/mol. The number of aryl methyl sites for hydroxylation is 1. The van der Waals surface area contributed by atoms with Crippen LogP contribution in [0, 0.1) is 6.92 Å². The molecule has 2 aromatic heterocycles. The fourth-order valence-electron chi connectivity index (χ4n) is 2.96. The molecule has 0 saturated heterocycles. The summed E-state index contributed by atoms with van der Waals surface area (Å²) < 4.78 is 1.86. The van der Waals surface area contributed by atoms with Crippen molar-refractivity contribution in [1.29, 1.82) is 0 Å². The van der Waals surface area contributed by atoms with Gasteiger partial charge in [0.2, 0.25) is 0 Å². The first-order chi connectivity index (χ1) is 13.1. The summed E-state index contributed by atoms with van der Waals surface area (Å²) >= 11 is 0. The third kappa shape index (κ3) is 4.53. The summed E-state index contributed by atoms with van der Waals surface area (Å²) in [5, 5.41) is 7.64. The van der Waals surface area contributed by atoms with Crippen molar-refractivity contribution in [3.63, 3.8) is 0 Å². The van der Waals surface area contributed by atoms with Crippen LogP contribution in [0.2, 0.25) is 0 Å². The Labute approximate surface area is 159 Å². The van der Waals surface area contributed by atoms with Gasteiger partial charge in [-0.05, 0) is 43.7 Å². The van der Waals surface area contributed by atoms with E-state index in [1.807, 2.05) is 74.4 Å². The van der Waals surface area contributed by atoms with E-state index in [9.17, 15) is 4.79 Å². The monoisotopic (exact) mass is 363 g/mol. The third-order valence-corrected chi connectivity index (χ3v) is 4.53. The zero-order valence-corrected chi connectivity index (χ0v) is 16.0. The second kappa shape index (κ2) is 8.49. The number of carbonyl (C=O) groups excluding carboxylic acids is 1. The minimum absolute atomic E-state index is 0.00163. The van der Waals surface area contributed by atoms with Gasteiger partial charge in [-0.25, -0.2) is 0 Å². The summed E-state index contributed by atoms with van der Waals surface area (Å²) in [4.78, 5) is 19.0. The molecule has 3 aromatic rings. The summed E-state index contributed by atoms with van der Waals surface area (Å²) in [6, 6.07) is 11.6. The highest BCUT2D eigenvalue weighted by molar-refractivity contribution is 5.96. The highest BCUT2D eigenvalue weighted by Crippen LogP contribution is 2.21. The minimum Gasteiger partial charge on any atom is -0.379 e. The molecule has 1 aromatic carbocycles. The Morgan fingerprint density at radius 3 is 2.78 bits per heavy atom. The highest BCUT2D eigenvalue weighted by atomic mass is 16.2. The van der Waals surface area contributed by atoms with E-state index in [1.54, 1.807) is 11.1 Å². The molecule has 0 aliphatic rings. The van der Waals surface area contributed by atoms with Crippen LogP contribution in [0.3, 0.4) is 0 Å². The number of pyridine rings is 1. The molecular formula is C21H25N5O. The number of hydrogen-bond acceptors (Lipinski definition) is 4. The van der Waals surface area contributed by atoms with Crippen LogP contribution in [0.5, 0.6) is 0 Å². The van der Waals surface area contributed by atoms with E-state index in [0.717, 1.165) is 29.1 Å². The predicted molar refractivity (Wildman–Crippen MR) is 106 cm³/mol. The molecule has 0 aliphatic heterocycles. The number of rotatable bonds is 7. The van der Waals surface area contributed by atoms with Gasteiger partial charge < -0.3 is 10.2 Å².